The highest BCUT2D eigenvalue weighted by atomic mass is 16.1. The van der Waals surface area contributed by atoms with Crippen LogP contribution in [0.2, 0.25) is 0 Å². The standard InChI is InChI=1S/C9H18N2O/c1-2-8(10)7-5-3-4-6-11-9(7)12/h7-8H,2-6,10H2,1H3,(H,11,12)/t7-,8+/m0/s1. The minimum atomic E-state index is 0.0445. The second-order valence-electron chi connectivity index (χ2n) is 3.47. The number of hydrogen-bond acceptors (Lipinski definition) is 2. The third-order valence-electron chi connectivity index (χ3n) is 2.57. The minimum absolute atomic E-state index is 0.0445. The van der Waals surface area contributed by atoms with Gasteiger partial charge in [-0.15, -0.1) is 0 Å². The first-order chi connectivity index (χ1) is 5.75. The molecule has 0 aliphatic carbocycles. The van der Waals surface area contributed by atoms with Crippen LogP contribution in [0.3, 0.4) is 0 Å². The van der Waals surface area contributed by atoms with Gasteiger partial charge in [-0.3, -0.25) is 4.79 Å². The van der Waals surface area contributed by atoms with Gasteiger partial charge in [0.25, 0.3) is 0 Å². The molecule has 1 heterocycles. The van der Waals surface area contributed by atoms with Crippen LogP contribution in [0.25, 0.3) is 0 Å². The molecule has 0 spiro atoms. The molecule has 1 saturated heterocycles. The van der Waals surface area contributed by atoms with E-state index in [9.17, 15) is 4.79 Å². The van der Waals surface area contributed by atoms with Crippen molar-refractivity contribution < 1.29 is 4.79 Å². The topological polar surface area (TPSA) is 55.1 Å². The third kappa shape index (κ3) is 2.21. The summed E-state index contributed by atoms with van der Waals surface area (Å²) in [4.78, 5) is 11.4. The Kier molecular flexibility index (Phi) is 3.53. The monoisotopic (exact) mass is 170 g/mol. The summed E-state index contributed by atoms with van der Waals surface area (Å²) in [6, 6.07) is 0.0445. The number of hydrogen-bond donors (Lipinski definition) is 2. The number of nitrogens with one attached hydrogen (secondary N) is 1. The minimum Gasteiger partial charge on any atom is -0.356 e. The van der Waals surface area contributed by atoms with Crippen molar-refractivity contribution in [3.05, 3.63) is 0 Å². The summed E-state index contributed by atoms with van der Waals surface area (Å²) in [6.07, 6.45) is 4.06. The molecule has 3 N–H and O–H groups in total. The summed E-state index contributed by atoms with van der Waals surface area (Å²) in [7, 11) is 0. The molecule has 0 saturated carbocycles. The van der Waals surface area contributed by atoms with Gasteiger partial charge in [-0.25, -0.2) is 0 Å². The van der Waals surface area contributed by atoms with E-state index in [1.54, 1.807) is 0 Å². The molecule has 0 aromatic heterocycles. The summed E-state index contributed by atoms with van der Waals surface area (Å²) in [6.45, 7) is 2.86. The van der Waals surface area contributed by atoms with Gasteiger partial charge in [-0.05, 0) is 19.3 Å². The Morgan fingerprint density at radius 2 is 2.42 bits per heavy atom. The fourth-order valence-electron chi connectivity index (χ4n) is 1.66. The van der Waals surface area contributed by atoms with Gasteiger partial charge < -0.3 is 11.1 Å². The fourth-order valence-corrected chi connectivity index (χ4v) is 1.66. The first-order valence-corrected chi connectivity index (χ1v) is 4.79. The highest BCUT2D eigenvalue weighted by Crippen LogP contribution is 2.16. The quantitative estimate of drug-likeness (QED) is 0.639. The Labute approximate surface area is 73.7 Å². The largest absolute Gasteiger partial charge is 0.356 e. The number of amides is 1. The van der Waals surface area contributed by atoms with E-state index in [1.807, 2.05) is 6.92 Å². The van der Waals surface area contributed by atoms with E-state index >= 15 is 0 Å². The van der Waals surface area contributed by atoms with Crippen LogP contribution in [0.15, 0.2) is 0 Å². The molecule has 2 atom stereocenters. The molecule has 1 fully saturated rings. The Morgan fingerprint density at radius 3 is 3.08 bits per heavy atom. The first kappa shape index (κ1) is 9.52. The molecule has 1 amide bonds. The van der Waals surface area contributed by atoms with Crippen molar-refractivity contribution in [2.45, 2.75) is 38.6 Å². The third-order valence-corrected chi connectivity index (χ3v) is 2.57. The van der Waals surface area contributed by atoms with Gasteiger partial charge in [0.15, 0.2) is 0 Å². The van der Waals surface area contributed by atoms with Crippen molar-refractivity contribution in [2.75, 3.05) is 6.54 Å². The van der Waals surface area contributed by atoms with Crippen LogP contribution in [-0.2, 0) is 4.79 Å². The molecule has 3 heteroatoms. The van der Waals surface area contributed by atoms with E-state index in [2.05, 4.69) is 5.32 Å². The predicted molar refractivity (Wildman–Crippen MR) is 48.6 cm³/mol. The zero-order valence-corrected chi connectivity index (χ0v) is 7.68. The number of carbonyl (C=O) groups is 1. The highest BCUT2D eigenvalue weighted by molar-refractivity contribution is 5.79. The van der Waals surface area contributed by atoms with E-state index in [-0.39, 0.29) is 17.9 Å². The van der Waals surface area contributed by atoms with Crippen molar-refractivity contribution in [3.8, 4) is 0 Å². The van der Waals surface area contributed by atoms with Crippen LogP contribution < -0.4 is 11.1 Å². The van der Waals surface area contributed by atoms with Gasteiger partial charge in [0.2, 0.25) is 5.91 Å². The summed E-state index contributed by atoms with van der Waals surface area (Å²) in [5, 5.41) is 2.89. The van der Waals surface area contributed by atoms with Gasteiger partial charge in [-0.1, -0.05) is 13.3 Å². The molecular formula is C9H18N2O. The van der Waals surface area contributed by atoms with Gasteiger partial charge in [0.05, 0.1) is 5.92 Å². The van der Waals surface area contributed by atoms with Crippen LogP contribution in [-0.4, -0.2) is 18.5 Å². The molecular weight excluding hydrogens is 152 g/mol. The van der Waals surface area contributed by atoms with Crippen molar-refractivity contribution in [3.63, 3.8) is 0 Å². The Balaban J connectivity index is 2.52. The van der Waals surface area contributed by atoms with Crippen molar-refractivity contribution >= 4 is 5.91 Å². The summed E-state index contributed by atoms with van der Waals surface area (Å²) in [5.74, 6) is 0.208. The van der Waals surface area contributed by atoms with Crippen molar-refractivity contribution in [1.29, 1.82) is 0 Å². The van der Waals surface area contributed by atoms with Gasteiger partial charge in [0, 0.05) is 12.6 Å². The summed E-state index contributed by atoms with van der Waals surface area (Å²) < 4.78 is 0. The number of rotatable bonds is 2. The molecule has 12 heavy (non-hydrogen) atoms. The van der Waals surface area contributed by atoms with Crippen molar-refractivity contribution in [1.82, 2.24) is 5.32 Å². The lowest BCUT2D eigenvalue weighted by Gasteiger charge is -2.18. The van der Waals surface area contributed by atoms with Gasteiger partial charge >= 0.3 is 0 Å². The lowest BCUT2D eigenvalue weighted by Crippen LogP contribution is -2.40. The average Bonchev–Trinajstić information content (AvgIpc) is 2.28. The molecule has 0 aromatic rings. The van der Waals surface area contributed by atoms with E-state index in [0.29, 0.717) is 0 Å². The molecule has 1 aliphatic heterocycles. The van der Waals surface area contributed by atoms with Crippen molar-refractivity contribution in [2.24, 2.45) is 11.7 Å². The smallest absolute Gasteiger partial charge is 0.224 e. The van der Waals surface area contributed by atoms with E-state index in [0.717, 1.165) is 32.2 Å². The van der Waals surface area contributed by atoms with E-state index in [4.69, 9.17) is 5.73 Å². The molecule has 1 rings (SSSR count). The zero-order valence-electron chi connectivity index (χ0n) is 7.68. The maximum absolute atomic E-state index is 11.4. The predicted octanol–water partition coefficient (Wildman–Crippen LogP) is 0.640. The average molecular weight is 170 g/mol. The van der Waals surface area contributed by atoms with Gasteiger partial charge in [0.1, 0.15) is 0 Å². The van der Waals surface area contributed by atoms with Crippen LogP contribution in [0.4, 0.5) is 0 Å². The second-order valence-corrected chi connectivity index (χ2v) is 3.47. The van der Waals surface area contributed by atoms with E-state index < -0.39 is 0 Å². The molecule has 0 radical (unpaired) electrons. The molecule has 3 nitrogen and oxygen atoms in total. The Bertz CT molecular complexity index is 159. The maximum Gasteiger partial charge on any atom is 0.224 e. The zero-order chi connectivity index (χ0) is 8.97. The molecule has 0 bridgehead atoms. The second kappa shape index (κ2) is 4.45. The Morgan fingerprint density at radius 1 is 1.67 bits per heavy atom. The fraction of sp³-hybridized carbons (Fsp3) is 0.889. The van der Waals surface area contributed by atoms with Crippen LogP contribution in [0.1, 0.15) is 32.6 Å². The first-order valence-electron chi connectivity index (χ1n) is 4.79. The molecule has 70 valence electrons. The maximum atomic E-state index is 11.4. The summed E-state index contributed by atoms with van der Waals surface area (Å²) in [5.41, 5.74) is 5.85. The van der Waals surface area contributed by atoms with E-state index in [1.165, 1.54) is 0 Å². The normalized spacial score (nSPS) is 27.5. The van der Waals surface area contributed by atoms with Crippen LogP contribution in [0.5, 0.6) is 0 Å². The number of nitrogens with two attached hydrogens (primary N) is 1. The van der Waals surface area contributed by atoms with Crippen LogP contribution in [0, 0.1) is 5.92 Å². The lowest BCUT2D eigenvalue weighted by atomic mass is 9.93. The lowest BCUT2D eigenvalue weighted by molar-refractivity contribution is -0.125. The SMILES string of the molecule is CC[C@@H](N)[C@@H]1CCCCNC1=O. The molecule has 1 aliphatic rings. The Hall–Kier alpha value is -0.570. The number of carbonyl (C=O) groups excluding carboxylic acids is 1. The van der Waals surface area contributed by atoms with Gasteiger partial charge in [-0.2, -0.15) is 0 Å². The molecule has 0 unspecified atom stereocenters. The molecule has 0 aromatic carbocycles. The van der Waals surface area contributed by atoms with Crippen LogP contribution >= 0.6 is 0 Å². The summed E-state index contributed by atoms with van der Waals surface area (Å²) >= 11 is 0. The highest BCUT2D eigenvalue weighted by Gasteiger charge is 2.25.